The number of hydrogen-bond acceptors (Lipinski definition) is 4. The lowest BCUT2D eigenvalue weighted by molar-refractivity contribution is -0.137. The number of rotatable bonds is 5. The quantitative estimate of drug-likeness (QED) is 0.364. The van der Waals surface area contributed by atoms with E-state index >= 15 is 0 Å². The molecule has 2 N–H and O–H groups in total. The number of aromatic nitrogens is 1. The summed E-state index contributed by atoms with van der Waals surface area (Å²) in [6.45, 7) is 5.40. The number of hydrogen-bond donors (Lipinski definition) is 2. The number of halogens is 4. The van der Waals surface area contributed by atoms with Gasteiger partial charge in [0.2, 0.25) is 0 Å². The Balaban J connectivity index is 1.63. The van der Waals surface area contributed by atoms with E-state index in [-0.39, 0.29) is 17.2 Å². The SMILES string of the molecule is CC(C)(C)C(=O)c1cc(Oc2ccc(NC(=O)Nc3ccc(Cl)c(C(F)(F)F)c3)cc2)ccn1. The van der Waals surface area contributed by atoms with Crippen molar-refractivity contribution in [2.24, 2.45) is 5.41 Å². The second-order valence-corrected chi connectivity index (χ2v) is 8.76. The van der Waals surface area contributed by atoms with Crippen LogP contribution in [-0.2, 0) is 6.18 Å². The van der Waals surface area contributed by atoms with Gasteiger partial charge in [-0.2, -0.15) is 13.2 Å². The molecule has 0 atom stereocenters. The van der Waals surface area contributed by atoms with Gasteiger partial charge in [0.05, 0.1) is 10.6 Å². The molecule has 178 valence electrons. The van der Waals surface area contributed by atoms with Crippen LogP contribution in [0.5, 0.6) is 11.5 Å². The highest BCUT2D eigenvalue weighted by Crippen LogP contribution is 2.36. The molecule has 2 aromatic carbocycles. The van der Waals surface area contributed by atoms with Crippen molar-refractivity contribution in [2.75, 3.05) is 10.6 Å². The van der Waals surface area contributed by atoms with E-state index in [4.69, 9.17) is 16.3 Å². The molecule has 0 fully saturated rings. The van der Waals surface area contributed by atoms with Crippen molar-refractivity contribution >= 4 is 34.8 Å². The molecule has 10 heteroatoms. The molecule has 0 aliphatic heterocycles. The number of nitrogens with zero attached hydrogens (tertiary/aromatic N) is 1. The van der Waals surface area contributed by atoms with Crippen LogP contribution in [0.25, 0.3) is 0 Å². The third-order valence-corrected chi connectivity index (χ3v) is 4.85. The summed E-state index contributed by atoms with van der Waals surface area (Å²) in [5.41, 5.74) is -1.02. The summed E-state index contributed by atoms with van der Waals surface area (Å²) < 4.78 is 44.7. The monoisotopic (exact) mass is 491 g/mol. The van der Waals surface area contributed by atoms with E-state index in [1.807, 2.05) is 0 Å². The minimum absolute atomic E-state index is 0.0625. The standard InChI is InChI=1S/C24H21ClF3N3O3/c1-23(2,3)21(32)20-13-17(10-11-29-20)34-16-7-4-14(5-8-16)30-22(33)31-15-6-9-19(25)18(12-15)24(26,27)28/h4-13H,1-3H3,(H2,30,31,33). The second kappa shape index (κ2) is 9.72. The molecular formula is C24H21ClF3N3O3. The Morgan fingerprint density at radius 2 is 1.50 bits per heavy atom. The molecule has 1 heterocycles. The average molecular weight is 492 g/mol. The van der Waals surface area contributed by atoms with E-state index in [0.29, 0.717) is 17.2 Å². The molecule has 3 rings (SSSR count). The summed E-state index contributed by atoms with van der Waals surface area (Å²) in [7, 11) is 0. The largest absolute Gasteiger partial charge is 0.457 e. The van der Waals surface area contributed by atoms with Crippen LogP contribution in [0.3, 0.4) is 0 Å². The number of carbonyl (C=O) groups excluding carboxylic acids is 2. The third kappa shape index (κ3) is 6.48. The second-order valence-electron chi connectivity index (χ2n) is 8.35. The van der Waals surface area contributed by atoms with Gasteiger partial charge in [-0.05, 0) is 48.5 Å². The number of nitrogens with one attached hydrogen (secondary N) is 2. The first kappa shape index (κ1) is 25.0. The number of alkyl halides is 3. The van der Waals surface area contributed by atoms with Gasteiger partial charge in [0.15, 0.2) is 5.78 Å². The minimum Gasteiger partial charge on any atom is -0.457 e. The van der Waals surface area contributed by atoms with Gasteiger partial charge in [0.25, 0.3) is 0 Å². The number of ketones is 1. The van der Waals surface area contributed by atoms with Crippen LogP contribution in [0.4, 0.5) is 29.3 Å². The Hall–Kier alpha value is -3.59. The number of ether oxygens (including phenoxy) is 1. The Morgan fingerprint density at radius 3 is 2.12 bits per heavy atom. The molecule has 0 bridgehead atoms. The van der Waals surface area contributed by atoms with Crippen LogP contribution in [0.2, 0.25) is 5.02 Å². The Bertz CT molecular complexity index is 1210. The van der Waals surface area contributed by atoms with Gasteiger partial charge in [-0.1, -0.05) is 32.4 Å². The number of urea groups is 1. The summed E-state index contributed by atoms with van der Waals surface area (Å²) in [5, 5.41) is 4.40. The molecule has 0 aliphatic carbocycles. The van der Waals surface area contributed by atoms with E-state index in [9.17, 15) is 22.8 Å². The zero-order chi connectivity index (χ0) is 25.1. The number of pyridine rings is 1. The van der Waals surface area contributed by atoms with Gasteiger partial charge in [-0.25, -0.2) is 4.79 Å². The summed E-state index contributed by atoms with van der Waals surface area (Å²) in [6, 6.07) is 11.8. The predicted molar refractivity (Wildman–Crippen MR) is 124 cm³/mol. The fourth-order valence-electron chi connectivity index (χ4n) is 2.84. The molecule has 2 amide bonds. The zero-order valence-corrected chi connectivity index (χ0v) is 19.2. The van der Waals surface area contributed by atoms with Crippen LogP contribution >= 0.6 is 11.6 Å². The fourth-order valence-corrected chi connectivity index (χ4v) is 3.06. The van der Waals surface area contributed by atoms with E-state index in [1.165, 1.54) is 12.3 Å². The molecule has 6 nitrogen and oxygen atoms in total. The van der Waals surface area contributed by atoms with Crippen molar-refractivity contribution in [2.45, 2.75) is 26.9 Å². The Labute approximate surface area is 199 Å². The van der Waals surface area contributed by atoms with E-state index in [2.05, 4.69) is 15.6 Å². The lowest BCUT2D eigenvalue weighted by Gasteiger charge is -2.16. The molecule has 0 aliphatic rings. The van der Waals surface area contributed by atoms with Crippen molar-refractivity contribution in [3.63, 3.8) is 0 Å². The molecule has 34 heavy (non-hydrogen) atoms. The van der Waals surface area contributed by atoms with Crippen LogP contribution in [-0.4, -0.2) is 16.8 Å². The van der Waals surface area contributed by atoms with Gasteiger partial charge in [-0.15, -0.1) is 0 Å². The highest BCUT2D eigenvalue weighted by Gasteiger charge is 2.33. The molecule has 0 radical (unpaired) electrons. The van der Waals surface area contributed by atoms with E-state index in [0.717, 1.165) is 12.1 Å². The third-order valence-electron chi connectivity index (χ3n) is 4.52. The molecule has 3 aromatic rings. The summed E-state index contributed by atoms with van der Waals surface area (Å²) in [4.78, 5) is 28.7. The van der Waals surface area contributed by atoms with E-state index in [1.54, 1.807) is 57.2 Å². The topological polar surface area (TPSA) is 80.3 Å². The molecule has 0 spiro atoms. The smallest absolute Gasteiger partial charge is 0.417 e. The maximum atomic E-state index is 13.0. The predicted octanol–water partition coefficient (Wildman–Crippen LogP) is 7.42. The molecule has 1 aromatic heterocycles. The number of anilines is 2. The average Bonchev–Trinajstić information content (AvgIpc) is 2.74. The fraction of sp³-hybridized carbons (Fsp3) is 0.208. The van der Waals surface area contributed by atoms with E-state index < -0.39 is 28.2 Å². The Kier molecular flexibility index (Phi) is 7.16. The lowest BCUT2D eigenvalue weighted by atomic mass is 9.89. The van der Waals surface area contributed by atoms with Gasteiger partial charge < -0.3 is 15.4 Å². The number of amides is 2. The maximum absolute atomic E-state index is 13.0. The first-order chi connectivity index (χ1) is 15.8. The zero-order valence-electron chi connectivity index (χ0n) is 18.5. The van der Waals surface area contributed by atoms with Crippen molar-refractivity contribution in [3.05, 3.63) is 77.1 Å². The minimum atomic E-state index is -4.64. The van der Waals surface area contributed by atoms with Crippen molar-refractivity contribution in [3.8, 4) is 11.5 Å². The first-order valence-electron chi connectivity index (χ1n) is 10.1. The van der Waals surface area contributed by atoms with Crippen LogP contribution in [0.15, 0.2) is 60.8 Å². The van der Waals surface area contributed by atoms with Crippen LogP contribution in [0, 0.1) is 5.41 Å². The van der Waals surface area contributed by atoms with Gasteiger partial charge >= 0.3 is 12.2 Å². The number of benzene rings is 2. The molecule has 0 saturated carbocycles. The molecule has 0 saturated heterocycles. The molecule has 0 unspecified atom stereocenters. The van der Waals surface area contributed by atoms with Crippen LogP contribution in [0.1, 0.15) is 36.8 Å². The maximum Gasteiger partial charge on any atom is 0.417 e. The summed E-state index contributed by atoms with van der Waals surface area (Å²) in [5.74, 6) is 0.745. The Morgan fingerprint density at radius 1 is 0.882 bits per heavy atom. The molecular weight excluding hydrogens is 471 g/mol. The van der Waals surface area contributed by atoms with Crippen molar-refractivity contribution in [1.82, 2.24) is 4.98 Å². The lowest BCUT2D eigenvalue weighted by Crippen LogP contribution is -2.21. The van der Waals surface area contributed by atoms with Gasteiger partial charge in [-0.3, -0.25) is 9.78 Å². The summed E-state index contributed by atoms with van der Waals surface area (Å²) >= 11 is 5.58. The van der Waals surface area contributed by atoms with Crippen molar-refractivity contribution < 1.29 is 27.5 Å². The normalized spacial score (nSPS) is 11.6. The van der Waals surface area contributed by atoms with Crippen molar-refractivity contribution in [1.29, 1.82) is 0 Å². The van der Waals surface area contributed by atoms with Gasteiger partial charge in [0, 0.05) is 29.1 Å². The number of Topliss-reactive ketones (excluding diaryl/α,β-unsaturated/α-hetero) is 1. The van der Waals surface area contributed by atoms with Gasteiger partial charge in [0.1, 0.15) is 17.2 Å². The summed E-state index contributed by atoms with van der Waals surface area (Å²) in [6.07, 6.45) is -3.16. The highest BCUT2D eigenvalue weighted by molar-refractivity contribution is 6.31. The first-order valence-corrected chi connectivity index (χ1v) is 10.4. The van der Waals surface area contributed by atoms with Crippen LogP contribution < -0.4 is 15.4 Å². The highest BCUT2D eigenvalue weighted by atomic mass is 35.5. The number of carbonyl (C=O) groups is 2.